The summed E-state index contributed by atoms with van der Waals surface area (Å²) in [5.74, 6) is 0.427. The highest BCUT2D eigenvalue weighted by molar-refractivity contribution is 5.67. The lowest BCUT2D eigenvalue weighted by Crippen LogP contribution is -2.31. The number of nitriles is 1. The summed E-state index contributed by atoms with van der Waals surface area (Å²) in [4.78, 5) is 2.15. The number of piperidine rings is 1. The molecule has 0 unspecified atom stereocenters. The van der Waals surface area contributed by atoms with Gasteiger partial charge < -0.3 is 10.6 Å². The van der Waals surface area contributed by atoms with Gasteiger partial charge in [-0.25, -0.2) is 0 Å². The van der Waals surface area contributed by atoms with Crippen LogP contribution in [0.3, 0.4) is 0 Å². The third-order valence-corrected chi connectivity index (χ3v) is 5.26. The summed E-state index contributed by atoms with van der Waals surface area (Å²) in [6, 6.07) is 14.5. The molecule has 0 saturated carbocycles. The van der Waals surface area contributed by atoms with Crippen LogP contribution in [-0.4, -0.2) is 24.2 Å². The number of halogens is 3. The standard InChI is InChI=1S/C22H22F3N3/c1-15(19-6-7-20(21(27)12-19)13-22(23,24)25)28-10-8-18(9-11-28)17-4-2-16(14-26)3-5-17/h2-7,12,18H,1,8-11,13,27H2. The van der Waals surface area contributed by atoms with Gasteiger partial charge in [0.15, 0.2) is 0 Å². The van der Waals surface area contributed by atoms with Crippen molar-refractivity contribution in [3.63, 3.8) is 0 Å². The minimum atomic E-state index is -4.28. The van der Waals surface area contributed by atoms with Gasteiger partial charge in [0, 0.05) is 24.5 Å². The first-order valence-corrected chi connectivity index (χ1v) is 9.16. The number of alkyl halides is 3. The molecule has 3 rings (SSSR count). The molecule has 1 aliphatic rings. The van der Waals surface area contributed by atoms with Crippen LogP contribution in [0.2, 0.25) is 0 Å². The zero-order chi connectivity index (χ0) is 20.3. The second kappa shape index (κ2) is 7.97. The van der Waals surface area contributed by atoms with Gasteiger partial charge in [-0.1, -0.05) is 30.8 Å². The molecule has 3 nitrogen and oxygen atoms in total. The fourth-order valence-corrected chi connectivity index (χ4v) is 3.65. The highest BCUT2D eigenvalue weighted by Gasteiger charge is 2.29. The number of hydrogen-bond donors (Lipinski definition) is 1. The Balaban J connectivity index is 1.63. The van der Waals surface area contributed by atoms with Gasteiger partial charge >= 0.3 is 6.18 Å². The van der Waals surface area contributed by atoms with Crippen LogP contribution in [0.5, 0.6) is 0 Å². The lowest BCUT2D eigenvalue weighted by Gasteiger charge is -2.35. The smallest absolute Gasteiger partial charge is 0.393 e. The summed E-state index contributed by atoms with van der Waals surface area (Å²) >= 11 is 0. The molecule has 28 heavy (non-hydrogen) atoms. The normalized spacial score (nSPS) is 15.3. The first-order chi connectivity index (χ1) is 13.3. The highest BCUT2D eigenvalue weighted by Crippen LogP contribution is 2.33. The number of nitrogens with zero attached hydrogens (tertiary/aromatic N) is 2. The van der Waals surface area contributed by atoms with Crippen LogP contribution < -0.4 is 5.73 Å². The molecular weight excluding hydrogens is 363 g/mol. The molecule has 2 aromatic rings. The topological polar surface area (TPSA) is 53.0 Å². The molecule has 146 valence electrons. The molecule has 0 spiro atoms. The van der Waals surface area contributed by atoms with Gasteiger partial charge in [-0.15, -0.1) is 0 Å². The van der Waals surface area contributed by atoms with Crippen LogP contribution >= 0.6 is 0 Å². The number of nitrogen functional groups attached to an aromatic ring is 1. The van der Waals surface area contributed by atoms with Crippen molar-refractivity contribution in [1.82, 2.24) is 4.90 Å². The van der Waals surface area contributed by atoms with Gasteiger partial charge in [0.25, 0.3) is 0 Å². The summed E-state index contributed by atoms with van der Waals surface area (Å²) in [6.07, 6.45) is -3.40. The van der Waals surface area contributed by atoms with E-state index in [4.69, 9.17) is 11.0 Å². The van der Waals surface area contributed by atoms with Gasteiger partial charge in [-0.3, -0.25) is 0 Å². The number of rotatable bonds is 4. The Hall–Kier alpha value is -2.94. The van der Waals surface area contributed by atoms with Crippen LogP contribution in [0.25, 0.3) is 5.70 Å². The molecule has 0 bridgehead atoms. The minimum absolute atomic E-state index is 0.0866. The van der Waals surface area contributed by atoms with Gasteiger partial charge in [-0.2, -0.15) is 18.4 Å². The predicted octanol–water partition coefficient (Wildman–Crippen LogP) is 5.10. The maximum atomic E-state index is 12.6. The maximum Gasteiger partial charge on any atom is 0.393 e. The van der Waals surface area contributed by atoms with E-state index in [2.05, 4.69) is 17.5 Å². The number of likely N-dealkylation sites (tertiary alicyclic amines) is 1. The van der Waals surface area contributed by atoms with Crippen molar-refractivity contribution < 1.29 is 13.2 Å². The first-order valence-electron chi connectivity index (χ1n) is 9.16. The Morgan fingerprint density at radius 3 is 2.32 bits per heavy atom. The SMILES string of the molecule is C=C(c1ccc(CC(F)(F)F)c(N)c1)N1CCC(c2ccc(C#N)cc2)CC1. The molecule has 1 aliphatic heterocycles. The molecule has 0 amide bonds. The molecule has 2 N–H and O–H groups in total. The number of benzene rings is 2. The number of hydrogen-bond acceptors (Lipinski definition) is 3. The van der Waals surface area contributed by atoms with Crippen molar-refractivity contribution in [3.05, 3.63) is 71.3 Å². The molecule has 1 fully saturated rings. The zero-order valence-electron chi connectivity index (χ0n) is 15.5. The van der Waals surface area contributed by atoms with E-state index in [9.17, 15) is 13.2 Å². The predicted molar refractivity (Wildman–Crippen MR) is 104 cm³/mol. The summed E-state index contributed by atoms with van der Waals surface area (Å²) in [5, 5.41) is 8.90. The molecule has 0 aromatic heterocycles. The summed E-state index contributed by atoms with van der Waals surface area (Å²) in [5.41, 5.74) is 9.48. The van der Waals surface area contributed by atoms with Crippen LogP contribution in [0.4, 0.5) is 18.9 Å². The van der Waals surface area contributed by atoms with E-state index in [0.717, 1.165) is 37.2 Å². The summed E-state index contributed by atoms with van der Waals surface area (Å²) in [6.45, 7) is 5.75. The Morgan fingerprint density at radius 1 is 1.14 bits per heavy atom. The van der Waals surface area contributed by atoms with Gasteiger partial charge in [-0.05, 0) is 53.6 Å². The third kappa shape index (κ3) is 4.66. The van der Waals surface area contributed by atoms with E-state index in [0.29, 0.717) is 11.5 Å². The Kier molecular flexibility index (Phi) is 5.64. The largest absolute Gasteiger partial charge is 0.398 e. The van der Waals surface area contributed by atoms with E-state index in [1.54, 1.807) is 12.1 Å². The number of anilines is 1. The van der Waals surface area contributed by atoms with Gasteiger partial charge in [0.2, 0.25) is 0 Å². The second-order valence-corrected chi connectivity index (χ2v) is 7.15. The Bertz CT molecular complexity index is 887. The van der Waals surface area contributed by atoms with E-state index in [1.807, 2.05) is 24.3 Å². The average molecular weight is 385 g/mol. The van der Waals surface area contributed by atoms with Crippen LogP contribution in [0.15, 0.2) is 49.0 Å². The van der Waals surface area contributed by atoms with Crippen molar-refractivity contribution in [3.8, 4) is 6.07 Å². The molecule has 2 aromatic carbocycles. The first kappa shape index (κ1) is 19.8. The van der Waals surface area contributed by atoms with Crippen LogP contribution in [0.1, 0.15) is 41.0 Å². The monoisotopic (exact) mass is 385 g/mol. The Labute approximate surface area is 162 Å². The molecular formula is C22H22F3N3. The lowest BCUT2D eigenvalue weighted by atomic mass is 9.88. The molecule has 6 heteroatoms. The highest BCUT2D eigenvalue weighted by atomic mass is 19.4. The van der Waals surface area contributed by atoms with E-state index < -0.39 is 12.6 Å². The fourth-order valence-electron chi connectivity index (χ4n) is 3.65. The van der Waals surface area contributed by atoms with Crippen molar-refractivity contribution in [2.75, 3.05) is 18.8 Å². The van der Waals surface area contributed by atoms with Gasteiger partial charge in [0.05, 0.1) is 18.1 Å². The molecule has 1 saturated heterocycles. The fraction of sp³-hybridized carbons (Fsp3) is 0.318. The van der Waals surface area contributed by atoms with Crippen molar-refractivity contribution in [1.29, 1.82) is 5.26 Å². The lowest BCUT2D eigenvalue weighted by molar-refractivity contribution is -0.127. The number of nitrogens with two attached hydrogens (primary N) is 1. The van der Waals surface area contributed by atoms with Crippen molar-refractivity contribution in [2.45, 2.75) is 31.4 Å². The minimum Gasteiger partial charge on any atom is -0.398 e. The quantitative estimate of drug-likeness (QED) is 0.746. The van der Waals surface area contributed by atoms with E-state index in [-0.39, 0.29) is 11.3 Å². The van der Waals surface area contributed by atoms with Crippen LogP contribution in [-0.2, 0) is 6.42 Å². The zero-order valence-corrected chi connectivity index (χ0v) is 15.5. The van der Waals surface area contributed by atoms with Gasteiger partial charge in [0.1, 0.15) is 0 Å². The van der Waals surface area contributed by atoms with Crippen molar-refractivity contribution >= 4 is 11.4 Å². The molecule has 0 radical (unpaired) electrons. The van der Waals surface area contributed by atoms with Crippen LogP contribution in [0, 0.1) is 11.3 Å². The average Bonchev–Trinajstić information content (AvgIpc) is 2.68. The summed E-state index contributed by atoms with van der Waals surface area (Å²) < 4.78 is 37.8. The van der Waals surface area contributed by atoms with E-state index >= 15 is 0 Å². The van der Waals surface area contributed by atoms with Crippen molar-refractivity contribution in [2.24, 2.45) is 0 Å². The molecule has 0 atom stereocenters. The second-order valence-electron chi connectivity index (χ2n) is 7.15. The molecule has 0 aliphatic carbocycles. The van der Waals surface area contributed by atoms with E-state index in [1.165, 1.54) is 11.6 Å². The third-order valence-electron chi connectivity index (χ3n) is 5.26. The molecule has 1 heterocycles. The maximum absolute atomic E-state index is 12.6. The Morgan fingerprint density at radius 2 is 1.79 bits per heavy atom. The summed E-state index contributed by atoms with van der Waals surface area (Å²) in [7, 11) is 0.